The number of hydrogen-bond donors (Lipinski definition) is 1. The Morgan fingerprint density at radius 2 is 1.84 bits per heavy atom. The third-order valence-electron chi connectivity index (χ3n) is 2.50. The van der Waals surface area contributed by atoms with E-state index in [1.165, 1.54) is 0 Å². The minimum atomic E-state index is -0.431. The molecule has 0 atom stereocenters. The van der Waals surface area contributed by atoms with Gasteiger partial charge in [0.05, 0.1) is 0 Å². The van der Waals surface area contributed by atoms with Gasteiger partial charge in [-0.2, -0.15) is 12.6 Å². The summed E-state index contributed by atoms with van der Waals surface area (Å²) in [6.45, 7) is 0.236. The number of hydrogen-bond acceptors (Lipinski definition) is 4. The molecular formula is C14H12BrNO2S. The van der Waals surface area contributed by atoms with E-state index < -0.39 is 5.97 Å². The van der Waals surface area contributed by atoms with Crippen molar-refractivity contribution in [3.63, 3.8) is 0 Å². The SMILES string of the molecule is O=C(OCc1ccc(CS)cc1)c1cccc(Br)n1. The molecule has 0 radical (unpaired) electrons. The van der Waals surface area contributed by atoms with E-state index in [1.54, 1.807) is 18.2 Å². The van der Waals surface area contributed by atoms with Gasteiger partial charge in [0.25, 0.3) is 0 Å². The van der Waals surface area contributed by atoms with E-state index in [2.05, 4.69) is 33.5 Å². The van der Waals surface area contributed by atoms with Crippen molar-refractivity contribution in [1.82, 2.24) is 4.98 Å². The molecule has 5 heteroatoms. The summed E-state index contributed by atoms with van der Waals surface area (Å²) in [5, 5.41) is 0. The normalized spacial score (nSPS) is 10.2. The van der Waals surface area contributed by atoms with Crippen LogP contribution >= 0.6 is 28.6 Å². The highest BCUT2D eigenvalue weighted by molar-refractivity contribution is 9.10. The molecule has 0 aliphatic rings. The number of carbonyl (C=O) groups is 1. The van der Waals surface area contributed by atoms with Crippen LogP contribution in [0.2, 0.25) is 0 Å². The van der Waals surface area contributed by atoms with Crippen LogP contribution in [0.1, 0.15) is 21.6 Å². The van der Waals surface area contributed by atoms with Gasteiger partial charge in [-0.25, -0.2) is 9.78 Å². The summed E-state index contributed by atoms with van der Waals surface area (Å²) in [4.78, 5) is 15.8. The number of esters is 1. The summed E-state index contributed by atoms with van der Waals surface area (Å²) in [5.41, 5.74) is 2.36. The lowest BCUT2D eigenvalue weighted by molar-refractivity contribution is 0.0465. The minimum Gasteiger partial charge on any atom is -0.456 e. The molecule has 1 heterocycles. The Labute approximate surface area is 125 Å². The minimum absolute atomic E-state index is 0.236. The van der Waals surface area contributed by atoms with Gasteiger partial charge in [-0.05, 0) is 39.2 Å². The number of thiol groups is 1. The maximum absolute atomic E-state index is 11.8. The Morgan fingerprint density at radius 1 is 1.16 bits per heavy atom. The first-order valence-corrected chi connectivity index (χ1v) is 7.10. The second kappa shape index (κ2) is 6.73. The largest absolute Gasteiger partial charge is 0.456 e. The number of pyridine rings is 1. The molecule has 0 amide bonds. The smallest absolute Gasteiger partial charge is 0.357 e. The molecule has 19 heavy (non-hydrogen) atoms. The lowest BCUT2D eigenvalue weighted by atomic mass is 10.2. The highest BCUT2D eigenvalue weighted by atomic mass is 79.9. The summed E-state index contributed by atoms with van der Waals surface area (Å²) >= 11 is 7.40. The fraction of sp³-hybridized carbons (Fsp3) is 0.143. The molecule has 0 N–H and O–H groups in total. The van der Waals surface area contributed by atoms with Gasteiger partial charge >= 0.3 is 5.97 Å². The molecular weight excluding hydrogens is 326 g/mol. The molecule has 0 aliphatic heterocycles. The second-order valence-electron chi connectivity index (χ2n) is 3.90. The van der Waals surface area contributed by atoms with Crippen molar-refractivity contribution in [2.75, 3.05) is 0 Å². The summed E-state index contributed by atoms with van der Waals surface area (Å²) in [6, 6.07) is 12.9. The Bertz CT molecular complexity index is 572. The van der Waals surface area contributed by atoms with Crippen molar-refractivity contribution in [3.05, 3.63) is 63.9 Å². The summed E-state index contributed by atoms with van der Waals surface area (Å²) < 4.78 is 5.81. The molecule has 0 unspecified atom stereocenters. The number of aromatic nitrogens is 1. The highest BCUT2D eigenvalue weighted by Gasteiger charge is 2.09. The van der Waals surface area contributed by atoms with Crippen LogP contribution in [0, 0.1) is 0 Å². The molecule has 2 aromatic rings. The molecule has 0 saturated carbocycles. The zero-order valence-corrected chi connectivity index (χ0v) is 12.5. The second-order valence-corrected chi connectivity index (χ2v) is 5.02. The Hall–Kier alpha value is -1.33. The topological polar surface area (TPSA) is 39.2 Å². The maximum Gasteiger partial charge on any atom is 0.357 e. The van der Waals surface area contributed by atoms with Crippen LogP contribution in [0.5, 0.6) is 0 Å². The molecule has 0 spiro atoms. The first kappa shape index (κ1) is 14.1. The summed E-state index contributed by atoms with van der Waals surface area (Å²) in [6.07, 6.45) is 0. The van der Waals surface area contributed by atoms with Crippen molar-refractivity contribution < 1.29 is 9.53 Å². The number of ether oxygens (including phenoxy) is 1. The zero-order chi connectivity index (χ0) is 13.7. The Balaban J connectivity index is 1.96. The predicted molar refractivity (Wildman–Crippen MR) is 80.2 cm³/mol. The number of halogens is 1. The molecule has 0 aliphatic carbocycles. The molecule has 0 saturated heterocycles. The van der Waals surface area contributed by atoms with Gasteiger partial charge in [0.2, 0.25) is 0 Å². The average molecular weight is 338 g/mol. The Morgan fingerprint density at radius 3 is 2.47 bits per heavy atom. The zero-order valence-electron chi connectivity index (χ0n) is 10.0. The third-order valence-corrected chi connectivity index (χ3v) is 3.31. The van der Waals surface area contributed by atoms with Gasteiger partial charge in [-0.3, -0.25) is 0 Å². The van der Waals surface area contributed by atoms with Crippen LogP contribution < -0.4 is 0 Å². The molecule has 0 fully saturated rings. The fourth-order valence-electron chi connectivity index (χ4n) is 1.49. The number of benzene rings is 1. The summed E-state index contributed by atoms with van der Waals surface area (Å²) in [7, 11) is 0. The van der Waals surface area contributed by atoms with E-state index >= 15 is 0 Å². The first-order chi connectivity index (χ1) is 9.19. The van der Waals surface area contributed by atoms with E-state index in [0.29, 0.717) is 16.0 Å². The van der Waals surface area contributed by atoms with Crippen molar-refractivity contribution in [3.8, 4) is 0 Å². The molecule has 3 nitrogen and oxygen atoms in total. The molecule has 1 aromatic heterocycles. The standard InChI is InChI=1S/C14H12BrNO2S/c15-13-3-1-2-12(16-13)14(17)18-8-10-4-6-11(9-19)7-5-10/h1-7,19H,8-9H2. The van der Waals surface area contributed by atoms with Crippen molar-refractivity contribution in [2.45, 2.75) is 12.4 Å². The number of carbonyl (C=O) groups excluding carboxylic acids is 1. The van der Waals surface area contributed by atoms with Gasteiger partial charge in [0.1, 0.15) is 16.9 Å². The van der Waals surface area contributed by atoms with Crippen LogP contribution in [0.4, 0.5) is 0 Å². The first-order valence-electron chi connectivity index (χ1n) is 5.67. The maximum atomic E-state index is 11.8. The lowest BCUT2D eigenvalue weighted by Crippen LogP contribution is -2.07. The van der Waals surface area contributed by atoms with Gasteiger partial charge in [0, 0.05) is 5.75 Å². The lowest BCUT2D eigenvalue weighted by Gasteiger charge is -2.05. The van der Waals surface area contributed by atoms with Crippen molar-refractivity contribution in [1.29, 1.82) is 0 Å². The molecule has 0 bridgehead atoms. The van der Waals surface area contributed by atoms with E-state index in [1.807, 2.05) is 24.3 Å². The molecule has 2 rings (SSSR count). The number of nitrogens with zero attached hydrogens (tertiary/aromatic N) is 1. The van der Waals surface area contributed by atoms with E-state index in [4.69, 9.17) is 4.74 Å². The van der Waals surface area contributed by atoms with Crippen LogP contribution in [-0.2, 0) is 17.1 Å². The summed E-state index contributed by atoms with van der Waals surface area (Å²) in [5.74, 6) is 0.266. The van der Waals surface area contributed by atoms with Gasteiger partial charge in [0.15, 0.2) is 0 Å². The van der Waals surface area contributed by atoms with Gasteiger partial charge < -0.3 is 4.74 Å². The van der Waals surface area contributed by atoms with Crippen LogP contribution in [0.25, 0.3) is 0 Å². The highest BCUT2D eigenvalue weighted by Crippen LogP contribution is 2.10. The van der Waals surface area contributed by atoms with Crippen LogP contribution in [-0.4, -0.2) is 11.0 Å². The predicted octanol–water partition coefficient (Wildman–Crippen LogP) is 3.63. The Kier molecular flexibility index (Phi) is 4.99. The molecule has 1 aromatic carbocycles. The van der Waals surface area contributed by atoms with Gasteiger partial charge in [-0.1, -0.05) is 30.3 Å². The molecule has 98 valence electrons. The van der Waals surface area contributed by atoms with Crippen LogP contribution in [0.3, 0.4) is 0 Å². The van der Waals surface area contributed by atoms with E-state index in [-0.39, 0.29) is 6.61 Å². The van der Waals surface area contributed by atoms with Gasteiger partial charge in [-0.15, -0.1) is 0 Å². The van der Waals surface area contributed by atoms with Crippen molar-refractivity contribution in [2.24, 2.45) is 0 Å². The quantitative estimate of drug-likeness (QED) is 0.526. The van der Waals surface area contributed by atoms with E-state index in [9.17, 15) is 4.79 Å². The fourth-order valence-corrected chi connectivity index (χ4v) is 2.04. The average Bonchev–Trinajstić information content (AvgIpc) is 2.45. The van der Waals surface area contributed by atoms with E-state index in [0.717, 1.165) is 11.1 Å². The monoisotopic (exact) mass is 337 g/mol. The number of rotatable bonds is 4. The van der Waals surface area contributed by atoms with Crippen LogP contribution in [0.15, 0.2) is 47.1 Å². The third kappa shape index (κ3) is 4.08. The van der Waals surface area contributed by atoms with Crippen molar-refractivity contribution >= 4 is 34.5 Å².